The van der Waals surface area contributed by atoms with Crippen molar-refractivity contribution in [3.05, 3.63) is 40.4 Å². The lowest BCUT2D eigenvalue weighted by Crippen LogP contribution is -2.01. The van der Waals surface area contributed by atoms with Crippen LogP contribution in [0.15, 0.2) is 40.3 Å². The Kier molecular flexibility index (Phi) is 5.40. The molecule has 1 N–H and O–H groups in total. The Morgan fingerprint density at radius 3 is 2.70 bits per heavy atom. The standard InChI is InChI=1S/C14H14Cl2N2OS/c1-3-17-13-9(15)8-10(16)14(18-13)20-12-7-5-4-6-11(12)19-2/h4-8H,3H2,1-2H3,(H,17,18). The largest absolute Gasteiger partial charge is 0.496 e. The van der Waals surface area contributed by atoms with E-state index in [9.17, 15) is 0 Å². The van der Waals surface area contributed by atoms with Gasteiger partial charge in [0.2, 0.25) is 0 Å². The van der Waals surface area contributed by atoms with Crippen LogP contribution >= 0.6 is 35.0 Å². The second-order valence-corrected chi connectivity index (χ2v) is 5.73. The summed E-state index contributed by atoms with van der Waals surface area (Å²) in [4.78, 5) is 5.42. The van der Waals surface area contributed by atoms with E-state index in [4.69, 9.17) is 27.9 Å². The van der Waals surface area contributed by atoms with Crippen LogP contribution < -0.4 is 10.1 Å². The molecule has 1 heterocycles. The maximum Gasteiger partial charge on any atom is 0.146 e. The number of rotatable bonds is 5. The molecule has 0 radical (unpaired) electrons. The van der Waals surface area contributed by atoms with Crippen LogP contribution in [0.4, 0.5) is 5.82 Å². The zero-order valence-corrected chi connectivity index (χ0v) is 13.4. The average Bonchev–Trinajstić information content (AvgIpc) is 2.45. The van der Waals surface area contributed by atoms with Gasteiger partial charge in [0.05, 0.1) is 22.1 Å². The molecule has 0 aliphatic rings. The maximum absolute atomic E-state index is 6.21. The Balaban J connectivity index is 2.35. The number of pyridine rings is 1. The molecule has 2 aromatic rings. The van der Waals surface area contributed by atoms with Crippen molar-refractivity contribution in [2.75, 3.05) is 19.0 Å². The average molecular weight is 329 g/mol. The molecule has 0 saturated carbocycles. The summed E-state index contributed by atoms with van der Waals surface area (Å²) < 4.78 is 5.33. The lowest BCUT2D eigenvalue weighted by Gasteiger charge is -2.11. The normalized spacial score (nSPS) is 10.4. The summed E-state index contributed by atoms with van der Waals surface area (Å²) in [6.45, 7) is 2.73. The Bertz CT molecular complexity index is 608. The first-order chi connectivity index (χ1) is 9.65. The van der Waals surface area contributed by atoms with Crippen molar-refractivity contribution in [1.29, 1.82) is 0 Å². The summed E-state index contributed by atoms with van der Waals surface area (Å²) in [6.07, 6.45) is 0. The fraction of sp³-hybridized carbons (Fsp3) is 0.214. The minimum Gasteiger partial charge on any atom is -0.496 e. The highest BCUT2D eigenvalue weighted by Gasteiger charge is 2.12. The fourth-order valence-corrected chi connectivity index (χ4v) is 3.06. The predicted octanol–water partition coefficient (Wildman–Crippen LogP) is 4.98. The van der Waals surface area contributed by atoms with Crippen molar-refractivity contribution >= 4 is 40.8 Å². The van der Waals surface area contributed by atoms with E-state index in [0.717, 1.165) is 17.2 Å². The molecule has 0 spiro atoms. The molecule has 0 aliphatic carbocycles. The van der Waals surface area contributed by atoms with Crippen molar-refractivity contribution in [3.63, 3.8) is 0 Å². The van der Waals surface area contributed by atoms with Crippen molar-refractivity contribution in [2.45, 2.75) is 16.8 Å². The highest BCUT2D eigenvalue weighted by atomic mass is 35.5. The zero-order valence-electron chi connectivity index (χ0n) is 11.1. The van der Waals surface area contributed by atoms with Crippen molar-refractivity contribution in [2.24, 2.45) is 0 Å². The van der Waals surface area contributed by atoms with Crippen LogP contribution in [0, 0.1) is 0 Å². The van der Waals surface area contributed by atoms with Gasteiger partial charge >= 0.3 is 0 Å². The van der Waals surface area contributed by atoms with Crippen LogP contribution in [0.1, 0.15) is 6.92 Å². The second-order valence-electron chi connectivity index (χ2n) is 3.89. The van der Waals surface area contributed by atoms with Crippen LogP contribution in [0.3, 0.4) is 0 Å². The minimum absolute atomic E-state index is 0.515. The Hall–Kier alpha value is -1.10. The van der Waals surface area contributed by atoms with E-state index in [1.807, 2.05) is 31.2 Å². The molecule has 0 atom stereocenters. The molecule has 0 saturated heterocycles. The molecule has 3 nitrogen and oxygen atoms in total. The third kappa shape index (κ3) is 3.51. The zero-order chi connectivity index (χ0) is 14.5. The van der Waals surface area contributed by atoms with Gasteiger partial charge in [-0.05, 0) is 25.1 Å². The van der Waals surface area contributed by atoms with E-state index >= 15 is 0 Å². The highest BCUT2D eigenvalue weighted by molar-refractivity contribution is 7.99. The molecule has 2 rings (SSSR count). The Morgan fingerprint density at radius 1 is 1.25 bits per heavy atom. The van der Waals surface area contributed by atoms with Crippen LogP contribution in [0.25, 0.3) is 0 Å². The molecule has 0 amide bonds. The van der Waals surface area contributed by atoms with Gasteiger partial charge in [0.25, 0.3) is 0 Å². The number of benzene rings is 1. The third-order valence-corrected chi connectivity index (χ3v) is 4.27. The predicted molar refractivity (Wildman–Crippen MR) is 85.5 cm³/mol. The van der Waals surface area contributed by atoms with Gasteiger partial charge in [0, 0.05) is 6.54 Å². The van der Waals surface area contributed by atoms with Gasteiger partial charge in [0.15, 0.2) is 0 Å². The van der Waals surface area contributed by atoms with E-state index < -0.39 is 0 Å². The monoisotopic (exact) mass is 328 g/mol. The smallest absolute Gasteiger partial charge is 0.146 e. The molecule has 20 heavy (non-hydrogen) atoms. The Labute approximate surface area is 132 Å². The number of methoxy groups -OCH3 is 1. The van der Waals surface area contributed by atoms with E-state index in [-0.39, 0.29) is 0 Å². The first kappa shape index (κ1) is 15.3. The molecular weight excluding hydrogens is 315 g/mol. The van der Waals surface area contributed by atoms with Gasteiger partial charge in [-0.3, -0.25) is 0 Å². The third-order valence-electron chi connectivity index (χ3n) is 2.52. The SMILES string of the molecule is CCNc1nc(Sc2ccccc2OC)c(Cl)cc1Cl. The summed E-state index contributed by atoms with van der Waals surface area (Å²) in [5.74, 6) is 1.42. The number of hydrogen-bond acceptors (Lipinski definition) is 4. The molecule has 106 valence electrons. The number of hydrogen-bond donors (Lipinski definition) is 1. The summed E-state index contributed by atoms with van der Waals surface area (Å²) in [6, 6.07) is 9.43. The topological polar surface area (TPSA) is 34.2 Å². The second kappa shape index (κ2) is 7.07. The summed E-state index contributed by atoms with van der Waals surface area (Å²) in [7, 11) is 1.64. The number of halogens is 2. The van der Waals surface area contributed by atoms with E-state index in [0.29, 0.717) is 20.9 Å². The lowest BCUT2D eigenvalue weighted by molar-refractivity contribution is 0.405. The van der Waals surface area contributed by atoms with E-state index in [1.165, 1.54) is 11.8 Å². The number of aromatic nitrogens is 1. The number of para-hydroxylation sites is 1. The van der Waals surface area contributed by atoms with E-state index in [1.54, 1.807) is 13.2 Å². The Morgan fingerprint density at radius 2 is 2.00 bits per heavy atom. The van der Waals surface area contributed by atoms with Crippen LogP contribution in [-0.2, 0) is 0 Å². The van der Waals surface area contributed by atoms with Gasteiger partial charge in [-0.2, -0.15) is 0 Å². The highest BCUT2D eigenvalue weighted by Crippen LogP contribution is 2.39. The molecule has 0 unspecified atom stereocenters. The molecule has 1 aromatic carbocycles. The quantitative estimate of drug-likeness (QED) is 0.839. The van der Waals surface area contributed by atoms with Crippen LogP contribution in [0.5, 0.6) is 5.75 Å². The molecule has 0 bridgehead atoms. The van der Waals surface area contributed by atoms with Crippen LogP contribution in [-0.4, -0.2) is 18.6 Å². The molecule has 1 aromatic heterocycles. The van der Waals surface area contributed by atoms with Gasteiger partial charge < -0.3 is 10.1 Å². The van der Waals surface area contributed by atoms with Gasteiger partial charge in [-0.1, -0.05) is 47.1 Å². The summed E-state index contributed by atoms with van der Waals surface area (Å²) in [5.41, 5.74) is 0. The first-order valence-corrected chi connectivity index (χ1v) is 7.63. The number of anilines is 1. The molecular formula is C14H14Cl2N2OS. The molecule has 6 heteroatoms. The fourth-order valence-electron chi connectivity index (χ4n) is 1.62. The number of nitrogens with one attached hydrogen (secondary N) is 1. The molecule has 0 aliphatic heterocycles. The van der Waals surface area contributed by atoms with Gasteiger partial charge in [-0.15, -0.1) is 0 Å². The van der Waals surface area contributed by atoms with Crippen molar-refractivity contribution in [3.8, 4) is 5.75 Å². The van der Waals surface area contributed by atoms with Gasteiger partial charge in [-0.25, -0.2) is 4.98 Å². The summed E-state index contributed by atoms with van der Waals surface area (Å²) >= 11 is 13.8. The van der Waals surface area contributed by atoms with Crippen molar-refractivity contribution < 1.29 is 4.74 Å². The van der Waals surface area contributed by atoms with Crippen molar-refractivity contribution in [1.82, 2.24) is 4.98 Å². The first-order valence-electron chi connectivity index (χ1n) is 6.06. The number of nitrogens with zero attached hydrogens (tertiary/aromatic N) is 1. The van der Waals surface area contributed by atoms with Gasteiger partial charge in [0.1, 0.15) is 16.6 Å². The minimum atomic E-state index is 0.515. The number of ether oxygens (including phenoxy) is 1. The maximum atomic E-state index is 6.21. The van der Waals surface area contributed by atoms with Crippen LogP contribution in [0.2, 0.25) is 10.0 Å². The lowest BCUT2D eigenvalue weighted by atomic mass is 10.3. The summed E-state index contributed by atoms with van der Waals surface area (Å²) in [5, 5.41) is 4.84. The van der Waals surface area contributed by atoms with E-state index in [2.05, 4.69) is 10.3 Å². The molecule has 0 fully saturated rings.